The highest BCUT2D eigenvalue weighted by atomic mass is 16.5. The SMILES string of the molecule is COc1ccccc1-c1c(N)n[nH]c1C(C)(C)C. The number of para-hydroxylation sites is 1. The molecule has 0 amide bonds. The van der Waals surface area contributed by atoms with Crippen molar-refractivity contribution >= 4 is 5.82 Å². The van der Waals surface area contributed by atoms with Gasteiger partial charge in [0.15, 0.2) is 5.82 Å². The van der Waals surface area contributed by atoms with Crippen molar-refractivity contribution in [3.05, 3.63) is 30.0 Å². The lowest BCUT2D eigenvalue weighted by atomic mass is 9.87. The van der Waals surface area contributed by atoms with Gasteiger partial charge in [0, 0.05) is 11.0 Å². The Morgan fingerprint density at radius 1 is 1.22 bits per heavy atom. The zero-order valence-electron chi connectivity index (χ0n) is 11.2. The first-order valence-corrected chi connectivity index (χ1v) is 5.93. The molecule has 96 valence electrons. The van der Waals surface area contributed by atoms with Crippen molar-refractivity contribution in [2.75, 3.05) is 12.8 Å². The number of aromatic nitrogens is 2. The molecule has 2 rings (SSSR count). The number of ether oxygens (including phenoxy) is 1. The summed E-state index contributed by atoms with van der Waals surface area (Å²) in [6.07, 6.45) is 0. The third-order valence-corrected chi connectivity index (χ3v) is 2.92. The van der Waals surface area contributed by atoms with Crippen LogP contribution < -0.4 is 10.5 Å². The van der Waals surface area contributed by atoms with E-state index >= 15 is 0 Å². The van der Waals surface area contributed by atoms with Gasteiger partial charge in [-0.25, -0.2) is 0 Å². The molecule has 18 heavy (non-hydrogen) atoms. The molecule has 0 atom stereocenters. The summed E-state index contributed by atoms with van der Waals surface area (Å²) in [5.41, 5.74) is 8.86. The predicted octanol–water partition coefficient (Wildman–Crippen LogP) is 2.97. The number of rotatable bonds is 2. The standard InChI is InChI=1S/C14H19N3O/c1-14(2,3)12-11(13(15)17-16-12)9-7-5-6-8-10(9)18-4/h5-8H,1-4H3,(H3,15,16,17). The Balaban J connectivity index is 2.67. The molecule has 2 aromatic rings. The number of hydrogen-bond donors (Lipinski definition) is 2. The van der Waals surface area contributed by atoms with Crippen molar-refractivity contribution in [1.82, 2.24) is 10.2 Å². The zero-order valence-corrected chi connectivity index (χ0v) is 11.2. The van der Waals surface area contributed by atoms with Crippen LogP contribution in [-0.4, -0.2) is 17.3 Å². The molecule has 0 aliphatic heterocycles. The minimum absolute atomic E-state index is 0.0548. The molecule has 0 bridgehead atoms. The van der Waals surface area contributed by atoms with Crippen molar-refractivity contribution in [2.45, 2.75) is 26.2 Å². The number of aromatic amines is 1. The van der Waals surface area contributed by atoms with Gasteiger partial charge in [0.05, 0.1) is 18.4 Å². The average molecular weight is 245 g/mol. The molecular weight excluding hydrogens is 226 g/mol. The summed E-state index contributed by atoms with van der Waals surface area (Å²) in [7, 11) is 1.66. The Morgan fingerprint density at radius 3 is 2.50 bits per heavy atom. The predicted molar refractivity (Wildman–Crippen MR) is 73.7 cm³/mol. The molecule has 4 nitrogen and oxygen atoms in total. The molecule has 0 saturated carbocycles. The number of nitrogens with two attached hydrogens (primary N) is 1. The number of methoxy groups -OCH3 is 1. The van der Waals surface area contributed by atoms with E-state index in [1.54, 1.807) is 7.11 Å². The molecule has 0 spiro atoms. The molecule has 1 aromatic carbocycles. The van der Waals surface area contributed by atoms with Crippen LogP contribution in [0.4, 0.5) is 5.82 Å². The fourth-order valence-corrected chi connectivity index (χ4v) is 2.02. The number of hydrogen-bond acceptors (Lipinski definition) is 3. The first-order chi connectivity index (χ1) is 8.45. The Hall–Kier alpha value is -1.97. The Bertz CT molecular complexity index is 552. The van der Waals surface area contributed by atoms with Gasteiger partial charge in [-0.05, 0) is 6.07 Å². The maximum atomic E-state index is 6.00. The van der Waals surface area contributed by atoms with Gasteiger partial charge in [-0.1, -0.05) is 39.0 Å². The highest BCUT2D eigenvalue weighted by Crippen LogP contribution is 2.39. The molecule has 0 radical (unpaired) electrons. The van der Waals surface area contributed by atoms with Gasteiger partial charge in [0.25, 0.3) is 0 Å². The minimum atomic E-state index is -0.0548. The molecule has 4 heteroatoms. The van der Waals surface area contributed by atoms with E-state index in [1.807, 2.05) is 24.3 Å². The third kappa shape index (κ3) is 2.06. The molecule has 0 aliphatic rings. The fraction of sp³-hybridized carbons (Fsp3) is 0.357. The normalized spacial score (nSPS) is 11.6. The van der Waals surface area contributed by atoms with Gasteiger partial charge in [-0.15, -0.1) is 0 Å². The number of anilines is 1. The summed E-state index contributed by atoms with van der Waals surface area (Å²) in [4.78, 5) is 0. The van der Waals surface area contributed by atoms with Crippen LogP contribution in [0.15, 0.2) is 24.3 Å². The summed E-state index contributed by atoms with van der Waals surface area (Å²) in [5, 5.41) is 7.17. The quantitative estimate of drug-likeness (QED) is 0.855. The third-order valence-electron chi connectivity index (χ3n) is 2.92. The van der Waals surface area contributed by atoms with Crippen LogP contribution in [0.25, 0.3) is 11.1 Å². The van der Waals surface area contributed by atoms with Crippen molar-refractivity contribution in [1.29, 1.82) is 0 Å². The van der Waals surface area contributed by atoms with Crippen molar-refractivity contribution < 1.29 is 4.74 Å². The van der Waals surface area contributed by atoms with E-state index < -0.39 is 0 Å². The topological polar surface area (TPSA) is 63.9 Å². The molecule has 3 N–H and O–H groups in total. The average Bonchev–Trinajstić information content (AvgIpc) is 2.70. The highest BCUT2D eigenvalue weighted by molar-refractivity contribution is 5.81. The zero-order chi connectivity index (χ0) is 13.3. The van der Waals surface area contributed by atoms with Gasteiger partial charge in [-0.3, -0.25) is 5.10 Å². The monoisotopic (exact) mass is 245 g/mol. The lowest BCUT2D eigenvalue weighted by Crippen LogP contribution is -2.13. The lowest BCUT2D eigenvalue weighted by Gasteiger charge is -2.19. The van der Waals surface area contributed by atoms with Crippen molar-refractivity contribution in [3.8, 4) is 16.9 Å². The molecule has 0 aliphatic carbocycles. The minimum Gasteiger partial charge on any atom is -0.496 e. The molecular formula is C14H19N3O. The second-order valence-electron chi connectivity index (χ2n) is 5.31. The number of nitrogens with one attached hydrogen (secondary N) is 1. The summed E-state index contributed by atoms with van der Waals surface area (Å²) in [6, 6.07) is 7.83. The smallest absolute Gasteiger partial charge is 0.153 e. The van der Waals surface area contributed by atoms with Crippen LogP contribution in [0.3, 0.4) is 0 Å². The Kier molecular flexibility index (Phi) is 3.03. The van der Waals surface area contributed by atoms with E-state index in [4.69, 9.17) is 10.5 Å². The van der Waals surface area contributed by atoms with Gasteiger partial charge in [0.1, 0.15) is 5.75 Å². The van der Waals surface area contributed by atoms with Gasteiger partial charge >= 0.3 is 0 Å². The second-order valence-corrected chi connectivity index (χ2v) is 5.31. The van der Waals surface area contributed by atoms with Gasteiger partial charge in [-0.2, -0.15) is 5.10 Å². The number of H-pyrrole nitrogens is 1. The maximum absolute atomic E-state index is 6.00. The number of benzene rings is 1. The first kappa shape index (κ1) is 12.5. The van der Waals surface area contributed by atoms with Gasteiger partial charge in [0.2, 0.25) is 0 Å². The van der Waals surface area contributed by atoms with E-state index in [1.165, 1.54) is 0 Å². The summed E-state index contributed by atoms with van der Waals surface area (Å²) < 4.78 is 5.39. The van der Waals surface area contributed by atoms with Crippen molar-refractivity contribution in [3.63, 3.8) is 0 Å². The molecule has 0 unspecified atom stereocenters. The fourth-order valence-electron chi connectivity index (χ4n) is 2.02. The molecule has 1 aromatic heterocycles. The largest absolute Gasteiger partial charge is 0.496 e. The number of nitrogen functional groups attached to an aromatic ring is 1. The first-order valence-electron chi connectivity index (χ1n) is 5.93. The summed E-state index contributed by atoms with van der Waals surface area (Å²) in [5.74, 6) is 1.31. The summed E-state index contributed by atoms with van der Waals surface area (Å²) >= 11 is 0. The van der Waals surface area contributed by atoms with Crippen LogP contribution in [0.1, 0.15) is 26.5 Å². The van der Waals surface area contributed by atoms with Crippen LogP contribution in [0.5, 0.6) is 5.75 Å². The maximum Gasteiger partial charge on any atom is 0.153 e. The van der Waals surface area contributed by atoms with Gasteiger partial charge < -0.3 is 10.5 Å². The highest BCUT2D eigenvalue weighted by Gasteiger charge is 2.25. The van der Waals surface area contributed by atoms with Crippen LogP contribution in [-0.2, 0) is 5.41 Å². The van der Waals surface area contributed by atoms with E-state index in [-0.39, 0.29) is 5.41 Å². The van der Waals surface area contributed by atoms with E-state index in [2.05, 4.69) is 31.0 Å². The van der Waals surface area contributed by atoms with E-state index in [9.17, 15) is 0 Å². The Morgan fingerprint density at radius 2 is 1.89 bits per heavy atom. The van der Waals surface area contributed by atoms with Crippen LogP contribution in [0.2, 0.25) is 0 Å². The second kappa shape index (κ2) is 4.37. The lowest BCUT2D eigenvalue weighted by molar-refractivity contribution is 0.416. The van der Waals surface area contributed by atoms with Crippen molar-refractivity contribution in [2.24, 2.45) is 0 Å². The van der Waals surface area contributed by atoms with E-state index in [0.717, 1.165) is 22.6 Å². The summed E-state index contributed by atoms with van der Waals surface area (Å²) in [6.45, 7) is 6.37. The number of nitrogens with zero attached hydrogens (tertiary/aromatic N) is 1. The van der Waals surface area contributed by atoms with Crippen LogP contribution in [0, 0.1) is 0 Å². The molecule has 1 heterocycles. The van der Waals surface area contributed by atoms with E-state index in [0.29, 0.717) is 5.82 Å². The molecule has 0 saturated heterocycles. The Labute approximate surface area is 107 Å². The van der Waals surface area contributed by atoms with Crippen LogP contribution >= 0.6 is 0 Å². The molecule has 0 fully saturated rings.